The molecule has 4 rings (SSSR count). The van der Waals surface area contributed by atoms with Gasteiger partial charge >= 0.3 is 0 Å². The molecule has 1 aliphatic rings. The SMILES string of the molecule is O=C(CC1C(=O)Nc2ccccc2N1C(=O)c1ccc(Br)cc1)Nc1cccc(Cl)c1. The van der Waals surface area contributed by atoms with Crippen molar-refractivity contribution < 1.29 is 14.4 Å². The van der Waals surface area contributed by atoms with E-state index in [1.54, 1.807) is 72.8 Å². The van der Waals surface area contributed by atoms with Crippen LogP contribution in [0, 0.1) is 0 Å². The molecule has 3 aromatic rings. The molecule has 6 nitrogen and oxygen atoms in total. The number of anilines is 3. The number of carbonyl (C=O) groups is 3. The molecule has 0 bridgehead atoms. The van der Waals surface area contributed by atoms with Gasteiger partial charge in [0.1, 0.15) is 6.04 Å². The Morgan fingerprint density at radius 2 is 1.77 bits per heavy atom. The van der Waals surface area contributed by atoms with E-state index in [9.17, 15) is 14.4 Å². The minimum Gasteiger partial charge on any atom is -0.326 e. The average Bonchev–Trinajstić information content (AvgIpc) is 2.74. The molecule has 0 saturated heterocycles. The van der Waals surface area contributed by atoms with Gasteiger partial charge in [0.25, 0.3) is 5.91 Å². The molecule has 156 valence electrons. The van der Waals surface area contributed by atoms with Crippen LogP contribution in [0.3, 0.4) is 0 Å². The van der Waals surface area contributed by atoms with E-state index in [1.807, 2.05) is 0 Å². The topological polar surface area (TPSA) is 78.5 Å². The zero-order chi connectivity index (χ0) is 22.0. The Kier molecular flexibility index (Phi) is 6.06. The smallest absolute Gasteiger partial charge is 0.259 e. The van der Waals surface area contributed by atoms with E-state index in [2.05, 4.69) is 26.6 Å². The molecular weight excluding hydrogens is 482 g/mol. The molecule has 3 amide bonds. The number of hydrogen-bond donors (Lipinski definition) is 2. The summed E-state index contributed by atoms with van der Waals surface area (Å²) in [6, 6.07) is 19.6. The maximum atomic E-state index is 13.4. The van der Waals surface area contributed by atoms with Crippen LogP contribution in [0.2, 0.25) is 5.02 Å². The van der Waals surface area contributed by atoms with Crippen LogP contribution in [0.5, 0.6) is 0 Å². The summed E-state index contributed by atoms with van der Waals surface area (Å²) in [4.78, 5) is 40.4. The first-order valence-electron chi connectivity index (χ1n) is 9.47. The lowest BCUT2D eigenvalue weighted by Gasteiger charge is -2.36. The lowest BCUT2D eigenvalue weighted by atomic mass is 10.0. The molecule has 1 unspecified atom stereocenters. The molecule has 2 N–H and O–H groups in total. The second-order valence-corrected chi connectivity index (χ2v) is 8.32. The van der Waals surface area contributed by atoms with Crippen LogP contribution in [-0.4, -0.2) is 23.8 Å². The Balaban J connectivity index is 1.65. The van der Waals surface area contributed by atoms with Crippen LogP contribution in [0.1, 0.15) is 16.8 Å². The number of benzene rings is 3. The van der Waals surface area contributed by atoms with Gasteiger partial charge in [0, 0.05) is 20.7 Å². The number of nitrogens with one attached hydrogen (secondary N) is 2. The van der Waals surface area contributed by atoms with Crippen LogP contribution in [0.4, 0.5) is 17.1 Å². The molecular formula is C23H17BrClN3O3. The Morgan fingerprint density at radius 3 is 2.52 bits per heavy atom. The summed E-state index contributed by atoms with van der Waals surface area (Å²) in [5.74, 6) is -1.20. The van der Waals surface area contributed by atoms with Crippen LogP contribution < -0.4 is 15.5 Å². The zero-order valence-electron chi connectivity index (χ0n) is 16.1. The van der Waals surface area contributed by atoms with Gasteiger partial charge < -0.3 is 10.6 Å². The average molecular weight is 499 g/mol. The number of rotatable bonds is 4. The van der Waals surface area contributed by atoms with Crippen molar-refractivity contribution in [2.24, 2.45) is 0 Å². The second-order valence-electron chi connectivity index (χ2n) is 6.97. The van der Waals surface area contributed by atoms with Gasteiger partial charge in [0.2, 0.25) is 11.8 Å². The summed E-state index contributed by atoms with van der Waals surface area (Å²) < 4.78 is 0.832. The molecule has 1 atom stereocenters. The molecule has 0 saturated carbocycles. The van der Waals surface area contributed by atoms with Gasteiger partial charge in [-0.1, -0.05) is 45.7 Å². The third-order valence-corrected chi connectivity index (χ3v) is 5.60. The predicted molar refractivity (Wildman–Crippen MR) is 125 cm³/mol. The van der Waals surface area contributed by atoms with E-state index >= 15 is 0 Å². The van der Waals surface area contributed by atoms with Gasteiger partial charge in [0.05, 0.1) is 17.8 Å². The third-order valence-electron chi connectivity index (χ3n) is 4.83. The van der Waals surface area contributed by atoms with Gasteiger partial charge in [-0.3, -0.25) is 19.3 Å². The second kappa shape index (κ2) is 8.91. The number of nitrogens with zero attached hydrogens (tertiary/aromatic N) is 1. The van der Waals surface area contributed by atoms with Crippen molar-refractivity contribution in [3.8, 4) is 0 Å². The number of carbonyl (C=O) groups excluding carboxylic acids is 3. The molecule has 0 aliphatic carbocycles. The molecule has 1 heterocycles. The highest BCUT2D eigenvalue weighted by Crippen LogP contribution is 2.34. The molecule has 0 radical (unpaired) electrons. The molecule has 0 fully saturated rings. The Morgan fingerprint density at radius 1 is 1.03 bits per heavy atom. The fourth-order valence-electron chi connectivity index (χ4n) is 3.41. The van der Waals surface area contributed by atoms with Crippen molar-refractivity contribution in [1.29, 1.82) is 0 Å². The van der Waals surface area contributed by atoms with E-state index in [1.165, 1.54) is 4.90 Å². The van der Waals surface area contributed by atoms with Crippen molar-refractivity contribution in [2.45, 2.75) is 12.5 Å². The van der Waals surface area contributed by atoms with E-state index in [0.29, 0.717) is 27.6 Å². The minimum atomic E-state index is -1.01. The first kappa shape index (κ1) is 21.1. The summed E-state index contributed by atoms with van der Waals surface area (Å²) in [6.45, 7) is 0. The maximum absolute atomic E-state index is 13.4. The van der Waals surface area contributed by atoms with Gasteiger partial charge in [-0.2, -0.15) is 0 Å². The quantitative estimate of drug-likeness (QED) is 0.525. The summed E-state index contributed by atoms with van der Waals surface area (Å²) in [7, 11) is 0. The first-order valence-corrected chi connectivity index (χ1v) is 10.6. The fraction of sp³-hybridized carbons (Fsp3) is 0.0870. The highest BCUT2D eigenvalue weighted by atomic mass is 79.9. The highest BCUT2D eigenvalue weighted by molar-refractivity contribution is 9.10. The molecule has 3 aromatic carbocycles. The zero-order valence-corrected chi connectivity index (χ0v) is 18.5. The number of halogens is 2. The number of amides is 3. The van der Waals surface area contributed by atoms with Crippen molar-refractivity contribution in [2.75, 3.05) is 15.5 Å². The van der Waals surface area contributed by atoms with Gasteiger partial charge in [-0.15, -0.1) is 0 Å². The molecule has 1 aliphatic heterocycles. The van der Waals surface area contributed by atoms with Crippen LogP contribution in [-0.2, 0) is 9.59 Å². The lowest BCUT2D eigenvalue weighted by molar-refractivity contribution is -0.122. The molecule has 0 spiro atoms. The van der Waals surface area contributed by atoms with E-state index in [0.717, 1.165) is 4.47 Å². The monoisotopic (exact) mass is 497 g/mol. The van der Waals surface area contributed by atoms with Crippen molar-refractivity contribution in [3.63, 3.8) is 0 Å². The first-order chi connectivity index (χ1) is 14.9. The normalized spacial score (nSPS) is 15.1. The summed E-state index contributed by atoms with van der Waals surface area (Å²) in [6.07, 6.45) is -0.213. The molecule has 31 heavy (non-hydrogen) atoms. The van der Waals surface area contributed by atoms with Crippen LogP contribution in [0.25, 0.3) is 0 Å². The van der Waals surface area contributed by atoms with Crippen molar-refractivity contribution in [3.05, 3.63) is 87.9 Å². The van der Waals surface area contributed by atoms with Gasteiger partial charge in [-0.05, 0) is 54.6 Å². The Bertz CT molecular complexity index is 1170. The largest absolute Gasteiger partial charge is 0.326 e. The van der Waals surface area contributed by atoms with Gasteiger partial charge in [-0.25, -0.2) is 0 Å². The highest BCUT2D eigenvalue weighted by Gasteiger charge is 2.38. The summed E-state index contributed by atoms with van der Waals surface area (Å²) >= 11 is 9.33. The minimum absolute atomic E-state index is 0.213. The van der Waals surface area contributed by atoms with E-state index < -0.39 is 17.9 Å². The summed E-state index contributed by atoms with van der Waals surface area (Å²) in [5, 5.41) is 6.01. The Labute approximate surface area is 192 Å². The number of hydrogen-bond acceptors (Lipinski definition) is 3. The van der Waals surface area contributed by atoms with Crippen molar-refractivity contribution >= 4 is 62.3 Å². The maximum Gasteiger partial charge on any atom is 0.259 e. The summed E-state index contributed by atoms with van der Waals surface area (Å²) in [5.41, 5.74) is 1.98. The molecule has 8 heteroatoms. The molecule has 0 aromatic heterocycles. The fourth-order valence-corrected chi connectivity index (χ4v) is 3.87. The van der Waals surface area contributed by atoms with Crippen LogP contribution in [0.15, 0.2) is 77.3 Å². The standard InChI is InChI=1S/C23H17BrClN3O3/c24-15-10-8-14(9-11-15)23(31)28-19-7-2-1-6-18(19)27-22(30)20(28)13-21(29)26-17-5-3-4-16(25)12-17/h1-12,20H,13H2,(H,26,29)(H,27,30). The van der Waals surface area contributed by atoms with Gasteiger partial charge in [0.15, 0.2) is 0 Å². The third kappa shape index (κ3) is 4.62. The number of fused-ring (bicyclic) bond motifs is 1. The number of para-hydroxylation sites is 2. The van der Waals surface area contributed by atoms with E-state index in [4.69, 9.17) is 11.6 Å². The van der Waals surface area contributed by atoms with E-state index in [-0.39, 0.29) is 12.3 Å². The van der Waals surface area contributed by atoms with Crippen LogP contribution >= 0.6 is 27.5 Å². The van der Waals surface area contributed by atoms with Crippen molar-refractivity contribution in [1.82, 2.24) is 0 Å². The Hall–Kier alpha value is -3.16. The predicted octanol–water partition coefficient (Wildman–Crippen LogP) is 5.10. The lowest BCUT2D eigenvalue weighted by Crippen LogP contribution is -2.52.